The van der Waals surface area contributed by atoms with Crippen LogP contribution in [0.2, 0.25) is 0 Å². The summed E-state index contributed by atoms with van der Waals surface area (Å²) in [6, 6.07) is 9.49. The third-order valence-corrected chi connectivity index (χ3v) is 2.66. The van der Waals surface area contributed by atoms with Crippen molar-refractivity contribution in [3.8, 4) is 6.07 Å². The molecule has 0 saturated heterocycles. The fourth-order valence-electron chi connectivity index (χ4n) is 1.77. The van der Waals surface area contributed by atoms with E-state index >= 15 is 0 Å². The van der Waals surface area contributed by atoms with E-state index in [0.717, 1.165) is 11.3 Å². The van der Waals surface area contributed by atoms with E-state index in [2.05, 4.69) is 11.1 Å². The average Bonchev–Trinajstić information content (AvgIpc) is 2.77. The second kappa shape index (κ2) is 6.72. The van der Waals surface area contributed by atoms with Gasteiger partial charge in [-0.05, 0) is 24.6 Å². The zero-order valence-electron chi connectivity index (χ0n) is 10.5. The Morgan fingerprint density at radius 1 is 1.37 bits per heavy atom. The Balaban J connectivity index is 0.00000180. The molecule has 0 bridgehead atoms. The molecule has 1 aromatic carbocycles. The van der Waals surface area contributed by atoms with E-state index in [-0.39, 0.29) is 18.2 Å². The van der Waals surface area contributed by atoms with Crippen LogP contribution in [0.25, 0.3) is 0 Å². The standard InChI is InChI=1S/C14H13N3O.ClH/c1-11(18)6-14-8-16-10-17(14)9-13-4-2-12(7-15)3-5-13;/h2-5,8,10H,6,9H2,1H3;1H. The Labute approximate surface area is 118 Å². The molecule has 0 unspecified atom stereocenters. The highest BCUT2D eigenvalue weighted by atomic mass is 35.5. The number of carbonyl (C=O) groups excluding carboxylic acids is 1. The molecule has 0 N–H and O–H groups in total. The van der Waals surface area contributed by atoms with E-state index in [9.17, 15) is 4.79 Å². The zero-order valence-corrected chi connectivity index (χ0v) is 11.4. The minimum Gasteiger partial charge on any atom is -0.330 e. The van der Waals surface area contributed by atoms with Crippen LogP contribution in [0.15, 0.2) is 36.8 Å². The number of carbonyl (C=O) groups is 1. The van der Waals surface area contributed by atoms with Crippen molar-refractivity contribution in [1.29, 1.82) is 5.26 Å². The van der Waals surface area contributed by atoms with Crippen molar-refractivity contribution in [2.24, 2.45) is 0 Å². The van der Waals surface area contributed by atoms with Crippen LogP contribution in [0, 0.1) is 11.3 Å². The second-order valence-corrected chi connectivity index (χ2v) is 4.20. The highest BCUT2D eigenvalue weighted by Gasteiger charge is 2.05. The van der Waals surface area contributed by atoms with Crippen molar-refractivity contribution in [2.75, 3.05) is 0 Å². The number of nitriles is 1. The van der Waals surface area contributed by atoms with Gasteiger partial charge in [-0.25, -0.2) is 4.98 Å². The van der Waals surface area contributed by atoms with Gasteiger partial charge in [0.05, 0.1) is 18.0 Å². The number of imidazole rings is 1. The summed E-state index contributed by atoms with van der Waals surface area (Å²) in [6.07, 6.45) is 3.83. The number of aromatic nitrogens is 2. The van der Waals surface area contributed by atoms with Gasteiger partial charge in [-0.15, -0.1) is 12.4 Å². The lowest BCUT2D eigenvalue weighted by Crippen LogP contribution is -2.06. The summed E-state index contributed by atoms with van der Waals surface area (Å²) in [7, 11) is 0. The number of ketones is 1. The molecule has 0 aliphatic carbocycles. The molecule has 98 valence electrons. The lowest BCUT2D eigenvalue weighted by atomic mass is 10.1. The zero-order chi connectivity index (χ0) is 13.0. The van der Waals surface area contributed by atoms with Gasteiger partial charge in [-0.3, -0.25) is 4.79 Å². The maximum absolute atomic E-state index is 11.1. The largest absolute Gasteiger partial charge is 0.330 e. The first-order chi connectivity index (χ1) is 8.69. The summed E-state index contributed by atoms with van der Waals surface area (Å²) in [5, 5.41) is 8.73. The third kappa shape index (κ3) is 3.94. The molecular weight excluding hydrogens is 262 g/mol. The van der Waals surface area contributed by atoms with Gasteiger partial charge < -0.3 is 4.57 Å². The van der Waals surface area contributed by atoms with Crippen LogP contribution in [0.4, 0.5) is 0 Å². The fourth-order valence-corrected chi connectivity index (χ4v) is 1.77. The average molecular weight is 276 g/mol. The molecule has 0 amide bonds. The van der Waals surface area contributed by atoms with Gasteiger partial charge in [-0.1, -0.05) is 12.1 Å². The minimum atomic E-state index is 0. The molecule has 2 rings (SSSR count). The minimum absolute atomic E-state index is 0. The van der Waals surface area contributed by atoms with Crippen LogP contribution in [0.5, 0.6) is 0 Å². The van der Waals surface area contributed by atoms with E-state index in [4.69, 9.17) is 5.26 Å². The number of hydrogen-bond acceptors (Lipinski definition) is 3. The summed E-state index contributed by atoms with van der Waals surface area (Å²) in [5.74, 6) is 0.122. The van der Waals surface area contributed by atoms with Crippen LogP contribution in [-0.4, -0.2) is 15.3 Å². The number of benzene rings is 1. The van der Waals surface area contributed by atoms with Crippen LogP contribution in [0.1, 0.15) is 23.7 Å². The van der Waals surface area contributed by atoms with Crippen LogP contribution >= 0.6 is 12.4 Å². The summed E-state index contributed by atoms with van der Waals surface area (Å²) < 4.78 is 1.95. The molecule has 2 aromatic rings. The van der Waals surface area contributed by atoms with E-state index in [1.54, 1.807) is 31.6 Å². The Hall–Kier alpha value is -2.12. The van der Waals surface area contributed by atoms with Crippen molar-refractivity contribution in [2.45, 2.75) is 19.9 Å². The first-order valence-electron chi connectivity index (χ1n) is 5.66. The molecule has 0 fully saturated rings. The molecule has 19 heavy (non-hydrogen) atoms. The van der Waals surface area contributed by atoms with Crippen LogP contribution < -0.4 is 0 Å². The van der Waals surface area contributed by atoms with Crippen molar-refractivity contribution < 1.29 is 4.79 Å². The molecule has 1 heterocycles. The van der Waals surface area contributed by atoms with E-state index < -0.39 is 0 Å². The van der Waals surface area contributed by atoms with Crippen molar-refractivity contribution in [1.82, 2.24) is 9.55 Å². The van der Waals surface area contributed by atoms with E-state index in [0.29, 0.717) is 18.5 Å². The van der Waals surface area contributed by atoms with Crippen molar-refractivity contribution in [3.05, 3.63) is 53.6 Å². The summed E-state index contributed by atoms with van der Waals surface area (Å²) in [4.78, 5) is 15.2. The van der Waals surface area contributed by atoms with Gasteiger partial charge in [0, 0.05) is 24.9 Å². The highest BCUT2D eigenvalue weighted by molar-refractivity contribution is 5.85. The van der Waals surface area contributed by atoms with Gasteiger partial charge in [0.15, 0.2) is 0 Å². The number of hydrogen-bond donors (Lipinski definition) is 0. The smallest absolute Gasteiger partial charge is 0.135 e. The van der Waals surface area contributed by atoms with Crippen LogP contribution in [-0.2, 0) is 17.8 Å². The first-order valence-corrected chi connectivity index (χ1v) is 5.66. The van der Waals surface area contributed by atoms with Gasteiger partial charge in [-0.2, -0.15) is 5.26 Å². The quantitative estimate of drug-likeness (QED) is 0.861. The first kappa shape index (κ1) is 14.9. The van der Waals surface area contributed by atoms with Gasteiger partial charge in [0.2, 0.25) is 0 Å². The SMILES string of the molecule is CC(=O)Cc1cncn1Cc1ccc(C#N)cc1.Cl. The molecule has 0 atom stereocenters. The fraction of sp³-hybridized carbons (Fsp3) is 0.214. The second-order valence-electron chi connectivity index (χ2n) is 4.20. The monoisotopic (exact) mass is 275 g/mol. The maximum Gasteiger partial charge on any atom is 0.135 e. The Kier molecular flexibility index (Phi) is 5.28. The molecule has 0 aliphatic rings. The number of Topliss-reactive ketones (excluding diaryl/α,β-unsaturated/α-hetero) is 1. The molecule has 0 saturated carbocycles. The number of halogens is 1. The van der Waals surface area contributed by atoms with Gasteiger partial charge in [0.25, 0.3) is 0 Å². The summed E-state index contributed by atoms with van der Waals surface area (Å²) in [5.41, 5.74) is 2.64. The predicted octanol–water partition coefficient (Wildman–Crippen LogP) is 2.36. The van der Waals surface area contributed by atoms with Gasteiger partial charge >= 0.3 is 0 Å². The Morgan fingerprint density at radius 2 is 2.05 bits per heavy atom. The topological polar surface area (TPSA) is 58.7 Å². The van der Waals surface area contributed by atoms with Crippen LogP contribution in [0.3, 0.4) is 0 Å². The van der Waals surface area contributed by atoms with Gasteiger partial charge in [0.1, 0.15) is 5.78 Å². The Bertz CT molecular complexity index is 596. The molecule has 0 spiro atoms. The highest BCUT2D eigenvalue weighted by Crippen LogP contribution is 2.08. The maximum atomic E-state index is 11.1. The van der Waals surface area contributed by atoms with Crippen molar-refractivity contribution in [3.63, 3.8) is 0 Å². The lowest BCUT2D eigenvalue weighted by molar-refractivity contribution is -0.116. The normalized spacial score (nSPS) is 9.47. The summed E-state index contributed by atoms with van der Waals surface area (Å²) >= 11 is 0. The lowest BCUT2D eigenvalue weighted by Gasteiger charge is -2.07. The predicted molar refractivity (Wildman–Crippen MR) is 74.1 cm³/mol. The third-order valence-electron chi connectivity index (χ3n) is 2.66. The summed E-state index contributed by atoms with van der Waals surface area (Å²) in [6.45, 7) is 2.23. The number of rotatable bonds is 4. The van der Waals surface area contributed by atoms with Crippen molar-refractivity contribution >= 4 is 18.2 Å². The molecule has 0 radical (unpaired) electrons. The van der Waals surface area contributed by atoms with E-state index in [1.165, 1.54) is 0 Å². The number of nitrogens with zero attached hydrogens (tertiary/aromatic N) is 3. The Morgan fingerprint density at radius 3 is 2.63 bits per heavy atom. The molecule has 1 aromatic heterocycles. The molecule has 0 aliphatic heterocycles. The molecular formula is C14H14ClN3O. The molecule has 5 heteroatoms. The molecule has 4 nitrogen and oxygen atoms in total. The van der Waals surface area contributed by atoms with E-state index in [1.807, 2.05) is 16.7 Å².